The second kappa shape index (κ2) is 7.24. The van der Waals surface area contributed by atoms with Crippen molar-refractivity contribution in [2.75, 3.05) is 26.8 Å². The molecular formula is C11H21N3O3. The molecule has 6 nitrogen and oxygen atoms in total. The number of hydrogen-bond acceptors (Lipinski definition) is 4. The van der Waals surface area contributed by atoms with Crippen LogP contribution >= 0.6 is 0 Å². The summed E-state index contributed by atoms with van der Waals surface area (Å²) in [7, 11) is 1.59. The van der Waals surface area contributed by atoms with E-state index in [1.807, 2.05) is 6.92 Å². The fourth-order valence-corrected chi connectivity index (χ4v) is 1.41. The first kappa shape index (κ1) is 13.9. The highest BCUT2D eigenvalue weighted by Crippen LogP contribution is 2.17. The summed E-state index contributed by atoms with van der Waals surface area (Å²) >= 11 is 0. The van der Waals surface area contributed by atoms with E-state index in [-0.39, 0.29) is 30.9 Å². The van der Waals surface area contributed by atoms with Crippen molar-refractivity contribution in [3.63, 3.8) is 0 Å². The number of methoxy groups -OCH3 is 1. The van der Waals surface area contributed by atoms with Crippen molar-refractivity contribution in [2.45, 2.75) is 31.8 Å². The third-order valence-corrected chi connectivity index (χ3v) is 2.34. The first-order valence-electron chi connectivity index (χ1n) is 5.90. The van der Waals surface area contributed by atoms with Gasteiger partial charge >= 0.3 is 0 Å². The van der Waals surface area contributed by atoms with E-state index in [4.69, 9.17) is 4.74 Å². The van der Waals surface area contributed by atoms with Gasteiger partial charge < -0.3 is 15.4 Å². The van der Waals surface area contributed by atoms with Gasteiger partial charge in [0.1, 0.15) is 0 Å². The van der Waals surface area contributed by atoms with Crippen LogP contribution in [0.1, 0.15) is 19.8 Å². The average Bonchev–Trinajstić information content (AvgIpc) is 3.01. The minimum absolute atomic E-state index is 0.0189. The number of ether oxygens (including phenoxy) is 1. The minimum Gasteiger partial charge on any atom is -0.383 e. The van der Waals surface area contributed by atoms with Gasteiger partial charge in [-0.25, -0.2) is 0 Å². The maximum atomic E-state index is 11.4. The van der Waals surface area contributed by atoms with Crippen molar-refractivity contribution >= 4 is 11.8 Å². The number of carbonyl (C=O) groups is 2. The van der Waals surface area contributed by atoms with Crippen LogP contribution in [0, 0.1) is 0 Å². The molecule has 1 saturated carbocycles. The van der Waals surface area contributed by atoms with Gasteiger partial charge in [0.2, 0.25) is 11.8 Å². The van der Waals surface area contributed by atoms with Crippen LogP contribution in [-0.4, -0.2) is 50.7 Å². The summed E-state index contributed by atoms with van der Waals surface area (Å²) in [5.74, 6) is -0.181. The van der Waals surface area contributed by atoms with E-state index in [9.17, 15) is 9.59 Å². The van der Waals surface area contributed by atoms with E-state index < -0.39 is 0 Å². The zero-order chi connectivity index (χ0) is 12.7. The summed E-state index contributed by atoms with van der Waals surface area (Å²) in [6.45, 7) is 2.67. The van der Waals surface area contributed by atoms with Gasteiger partial charge in [0, 0.05) is 19.2 Å². The van der Waals surface area contributed by atoms with Crippen LogP contribution in [0.4, 0.5) is 0 Å². The van der Waals surface area contributed by atoms with Crippen LogP contribution in [0.25, 0.3) is 0 Å². The maximum Gasteiger partial charge on any atom is 0.234 e. The molecule has 0 aromatic heterocycles. The number of amides is 2. The Balaban J connectivity index is 2.00. The van der Waals surface area contributed by atoms with Gasteiger partial charge in [-0.3, -0.25) is 14.9 Å². The summed E-state index contributed by atoms with van der Waals surface area (Å²) in [6, 6.07) is 0.342. The Labute approximate surface area is 101 Å². The van der Waals surface area contributed by atoms with Gasteiger partial charge in [-0.05, 0) is 19.8 Å². The number of carbonyl (C=O) groups excluding carboxylic acids is 2. The topological polar surface area (TPSA) is 79.5 Å². The lowest BCUT2D eigenvalue weighted by atomic mass is 10.3. The van der Waals surface area contributed by atoms with Gasteiger partial charge in [0.05, 0.1) is 19.7 Å². The smallest absolute Gasteiger partial charge is 0.234 e. The molecule has 2 amide bonds. The Morgan fingerprint density at radius 3 is 2.53 bits per heavy atom. The highest BCUT2D eigenvalue weighted by atomic mass is 16.5. The first-order chi connectivity index (χ1) is 8.11. The minimum atomic E-state index is -0.131. The fourth-order valence-electron chi connectivity index (χ4n) is 1.41. The van der Waals surface area contributed by atoms with Crippen molar-refractivity contribution in [2.24, 2.45) is 0 Å². The molecule has 0 spiro atoms. The predicted octanol–water partition coefficient (Wildman–Crippen LogP) is -0.994. The van der Waals surface area contributed by atoms with E-state index >= 15 is 0 Å². The third kappa shape index (κ3) is 6.91. The summed E-state index contributed by atoms with van der Waals surface area (Å²) in [4.78, 5) is 22.7. The molecule has 17 heavy (non-hydrogen) atoms. The Morgan fingerprint density at radius 1 is 1.29 bits per heavy atom. The monoisotopic (exact) mass is 243 g/mol. The summed E-state index contributed by atoms with van der Waals surface area (Å²) in [5.41, 5.74) is 0. The average molecular weight is 243 g/mol. The number of rotatable bonds is 8. The molecule has 1 atom stereocenters. The van der Waals surface area contributed by atoms with Crippen LogP contribution in [-0.2, 0) is 14.3 Å². The largest absolute Gasteiger partial charge is 0.383 e. The van der Waals surface area contributed by atoms with Gasteiger partial charge in [0.25, 0.3) is 0 Å². The molecule has 0 heterocycles. The van der Waals surface area contributed by atoms with Crippen LogP contribution in [0.2, 0.25) is 0 Å². The molecule has 1 aliphatic rings. The molecule has 0 aromatic rings. The highest BCUT2D eigenvalue weighted by molar-refractivity contribution is 5.81. The van der Waals surface area contributed by atoms with Gasteiger partial charge in [-0.15, -0.1) is 0 Å². The standard InChI is InChI=1S/C11H21N3O3/c1-8(7-17-2)13-10(15)5-12-6-11(16)14-9-3-4-9/h8-9,12H,3-7H2,1-2H3,(H,13,15)(H,14,16). The maximum absolute atomic E-state index is 11.4. The molecule has 0 bridgehead atoms. The van der Waals surface area contributed by atoms with Crippen LogP contribution in [0.3, 0.4) is 0 Å². The van der Waals surface area contributed by atoms with E-state index in [1.165, 1.54) is 0 Å². The van der Waals surface area contributed by atoms with Gasteiger partial charge in [-0.1, -0.05) is 0 Å². The van der Waals surface area contributed by atoms with E-state index in [2.05, 4.69) is 16.0 Å². The lowest BCUT2D eigenvalue weighted by Gasteiger charge is -2.12. The Morgan fingerprint density at radius 2 is 1.94 bits per heavy atom. The van der Waals surface area contributed by atoms with Crippen molar-refractivity contribution in [3.05, 3.63) is 0 Å². The normalized spacial score (nSPS) is 16.4. The second-order valence-corrected chi connectivity index (χ2v) is 4.37. The zero-order valence-electron chi connectivity index (χ0n) is 10.4. The van der Waals surface area contributed by atoms with E-state index in [0.29, 0.717) is 12.6 Å². The van der Waals surface area contributed by atoms with Crippen molar-refractivity contribution in [1.29, 1.82) is 0 Å². The summed E-state index contributed by atoms with van der Waals surface area (Å²) in [6.07, 6.45) is 2.14. The van der Waals surface area contributed by atoms with E-state index in [0.717, 1.165) is 12.8 Å². The quantitative estimate of drug-likeness (QED) is 0.511. The SMILES string of the molecule is COCC(C)NC(=O)CNCC(=O)NC1CC1. The molecule has 1 unspecified atom stereocenters. The number of nitrogens with one attached hydrogen (secondary N) is 3. The molecule has 0 aromatic carbocycles. The molecule has 98 valence electrons. The van der Waals surface area contributed by atoms with Gasteiger partial charge in [0.15, 0.2) is 0 Å². The van der Waals surface area contributed by atoms with Crippen molar-refractivity contribution in [3.8, 4) is 0 Å². The van der Waals surface area contributed by atoms with Crippen LogP contribution in [0.5, 0.6) is 0 Å². The molecule has 3 N–H and O–H groups in total. The molecule has 1 aliphatic carbocycles. The van der Waals surface area contributed by atoms with Crippen molar-refractivity contribution in [1.82, 2.24) is 16.0 Å². The third-order valence-electron chi connectivity index (χ3n) is 2.34. The zero-order valence-corrected chi connectivity index (χ0v) is 10.4. The van der Waals surface area contributed by atoms with Crippen molar-refractivity contribution < 1.29 is 14.3 Å². The molecule has 0 aliphatic heterocycles. The fraction of sp³-hybridized carbons (Fsp3) is 0.818. The number of hydrogen-bond donors (Lipinski definition) is 3. The molecule has 6 heteroatoms. The highest BCUT2D eigenvalue weighted by Gasteiger charge is 2.22. The molecular weight excluding hydrogens is 222 g/mol. The van der Waals surface area contributed by atoms with E-state index in [1.54, 1.807) is 7.11 Å². The summed E-state index contributed by atoms with van der Waals surface area (Å²) < 4.78 is 4.90. The molecule has 1 fully saturated rings. The van der Waals surface area contributed by atoms with Crippen LogP contribution in [0.15, 0.2) is 0 Å². The Bertz CT molecular complexity index is 267. The second-order valence-electron chi connectivity index (χ2n) is 4.37. The Hall–Kier alpha value is -1.14. The molecule has 1 rings (SSSR count). The predicted molar refractivity (Wildman–Crippen MR) is 63.5 cm³/mol. The molecule has 0 saturated heterocycles. The lowest BCUT2D eigenvalue weighted by Crippen LogP contribution is -2.43. The lowest BCUT2D eigenvalue weighted by molar-refractivity contribution is -0.122. The summed E-state index contributed by atoms with van der Waals surface area (Å²) in [5, 5.41) is 8.39. The first-order valence-corrected chi connectivity index (χ1v) is 5.90. The van der Waals surface area contributed by atoms with Gasteiger partial charge in [-0.2, -0.15) is 0 Å². The Kier molecular flexibility index (Phi) is 5.93. The molecule has 0 radical (unpaired) electrons. The van der Waals surface area contributed by atoms with Crippen LogP contribution < -0.4 is 16.0 Å².